The number of benzene rings is 1. The van der Waals surface area contributed by atoms with Crippen molar-refractivity contribution in [3.63, 3.8) is 0 Å². The minimum absolute atomic E-state index is 0.137. The fourth-order valence-corrected chi connectivity index (χ4v) is 2.18. The summed E-state index contributed by atoms with van der Waals surface area (Å²) < 4.78 is 19.7. The third kappa shape index (κ3) is 3.12. The van der Waals surface area contributed by atoms with Gasteiger partial charge in [-0.15, -0.1) is 0 Å². The smallest absolute Gasteiger partial charge is 0.127 e. The van der Waals surface area contributed by atoms with Gasteiger partial charge in [0.2, 0.25) is 0 Å². The van der Waals surface area contributed by atoms with Crippen LogP contribution < -0.4 is 5.32 Å². The Hall–Kier alpha value is -0.200. The van der Waals surface area contributed by atoms with Crippen LogP contribution in [0, 0.1) is 9.39 Å². The topological polar surface area (TPSA) is 21.3 Å². The van der Waals surface area contributed by atoms with Gasteiger partial charge in [0.25, 0.3) is 0 Å². The Kier molecular flexibility index (Phi) is 3.93. The number of ether oxygens (including phenoxy) is 1. The predicted octanol–water partition coefficient (Wildman–Crippen LogP) is 2.31. The Labute approximate surface area is 102 Å². The van der Waals surface area contributed by atoms with Crippen LogP contribution in [0.2, 0.25) is 0 Å². The molecule has 1 saturated heterocycles. The number of halogens is 2. The Morgan fingerprint density at radius 2 is 2.40 bits per heavy atom. The van der Waals surface area contributed by atoms with Crippen LogP contribution in [0.4, 0.5) is 4.39 Å². The molecule has 82 valence electrons. The second-order valence-electron chi connectivity index (χ2n) is 3.68. The highest BCUT2D eigenvalue weighted by atomic mass is 127. The zero-order valence-electron chi connectivity index (χ0n) is 8.30. The normalized spacial score (nSPS) is 20.8. The maximum Gasteiger partial charge on any atom is 0.127 e. The van der Waals surface area contributed by atoms with Gasteiger partial charge in [-0.2, -0.15) is 0 Å². The minimum atomic E-state index is -0.137. The van der Waals surface area contributed by atoms with Crippen molar-refractivity contribution in [2.45, 2.75) is 19.0 Å². The van der Waals surface area contributed by atoms with Crippen LogP contribution in [0.1, 0.15) is 12.0 Å². The highest BCUT2D eigenvalue weighted by Gasteiger charge is 2.15. The second-order valence-corrected chi connectivity index (χ2v) is 4.92. The van der Waals surface area contributed by atoms with Gasteiger partial charge in [-0.3, -0.25) is 0 Å². The first kappa shape index (κ1) is 11.3. The Morgan fingerprint density at radius 3 is 3.13 bits per heavy atom. The van der Waals surface area contributed by atoms with E-state index >= 15 is 0 Å². The molecule has 4 heteroatoms. The van der Waals surface area contributed by atoms with Gasteiger partial charge in [0.1, 0.15) is 5.82 Å². The van der Waals surface area contributed by atoms with Crippen LogP contribution in [0.15, 0.2) is 18.2 Å². The predicted molar refractivity (Wildman–Crippen MR) is 65.2 cm³/mol. The molecule has 0 saturated carbocycles. The third-order valence-corrected chi connectivity index (χ3v) is 3.19. The van der Waals surface area contributed by atoms with Crippen molar-refractivity contribution in [1.29, 1.82) is 0 Å². The largest absolute Gasteiger partial charge is 0.380 e. The first-order valence-electron chi connectivity index (χ1n) is 5.01. The van der Waals surface area contributed by atoms with Crippen LogP contribution in [0.3, 0.4) is 0 Å². The van der Waals surface area contributed by atoms with Crippen molar-refractivity contribution in [1.82, 2.24) is 5.32 Å². The highest BCUT2D eigenvalue weighted by molar-refractivity contribution is 14.1. The van der Waals surface area contributed by atoms with Crippen LogP contribution in [0.25, 0.3) is 0 Å². The first-order valence-corrected chi connectivity index (χ1v) is 6.08. The Bertz CT molecular complexity index is 339. The molecular weight excluding hydrogens is 308 g/mol. The van der Waals surface area contributed by atoms with Gasteiger partial charge in [-0.05, 0) is 47.2 Å². The SMILES string of the molecule is Fc1ccc(I)cc1CNC1CCOC1. The van der Waals surface area contributed by atoms with E-state index in [9.17, 15) is 4.39 Å². The lowest BCUT2D eigenvalue weighted by Gasteiger charge is -2.11. The van der Waals surface area contributed by atoms with Gasteiger partial charge in [0, 0.05) is 28.3 Å². The number of hydrogen-bond donors (Lipinski definition) is 1. The van der Waals surface area contributed by atoms with Crippen molar-refractivity contribution >= 4 is 22.6 Å². The molecule has 1 aromatic carbocycles. The van der Waals surface area contributed by atoms with Crippen LogP contribution in [-0.2, 0) is 11.3 Å². The zero-order valence-corrected chi connectivity index (χ0v) is 10.5. The standard InChI is InChI=1S/C11H13FINO/c12-11-2-1-9(13)5-8(11)6-14-10-3-4-15-7-10/h1-2,5,10,14H,3-4,6-7H2. The van der Waals surface area contributed by atoms with Crippen molar-refractivity contribution < 1.29 is 9.13 Å². The summed E-state index contributed by atoms with van der Waals surface area (Å²) in [4.78, 5) is 0. The summed E-state index contributed by atoms with van der Waals surface area (Å²) in [5.41, 5.74) is 0.730. The van der Waals surface area contributed by atoms with Gasteiger partial charge in [-0.1, -0.05) is 0 Å². The van der Waals surface area contributed by atoms with E-state index in [1.807, 2.05) is 6.07 Å². The maximum atomic E-state index is 13.4. The van der Waals surface area contributed by atoms with E-state index in [2.05, 4.69) is 27.9 Å². The van der Waals surface area contributed by atoms with Crippen LogP contribution in [0.5, 0.6) is 0 Å². The summed E-state index contributed by atoms with van der Waals surface area (Å²) in [5, 5.41) is 3.30. The van der Waals surface area contributed by atoms with E-state index in [0.717, 1.165) is 28.8 Å². The highest BCUT2D eigenvalue weighted by Crippen LogP contribution is 2.13. The Balaban J connectivity index is 1.94. The quantitative estimate of drug-likeness (QED) is 0.863. The fraction of sp³-hybridized carbons (Fsp3) is 0.455. The molecular formula is C11H13FINO. The minimum Gasteiger partial charge on any atom is -0.380 e. The summed E-state index contributed by atoms with van der Waals surface area (Å²) in [6, 6.07) is 5.54. The molecule has 1 fully saturated rings. The molecule has 2 rings (SSSR count). The second kappa shape index (κ2) is 5.23. The zero-order chi connectivity index (χ0) is 10.7. The number of nitrogens with one attached hydrogen (secondary N) is 1. The molecule has 1 unspecified atom stereocenters. The lowest BCUT2D eigenvalue weighted by Crippen LogP contribution is -2.28. The average molecular weight is 321 g/mol. The summed E-state index contributed by atoms with van der Waals surface area (Å²) in [5.74, 6) is -0.137. The van der Waals surface area contributed by atoms with Crippen molar-refractivity contribution in [2.24, 2.45) is 0 Å². The first-order chi connectivity index (χ1) is 7.25. The van der Waals surface area contributed by atoms with E-state index < -0.39 is 0 Å². The molecule has 1 aliphatic heterocycles. The molecule has 0 aliphatic carbocycles. The molecule has 0 radical (unpaired) electrons. The Morgan fingerprint density at radius 1 is 1.53 bits per heavy atom. The summed E-state index contributed by atoms with van der Waals surface area (Å²) in [6.45, 7) is 2.13. The monoisotopic (exact) mass is 321 g/mol. The van der Waals surface area contributed by atoms with Crippen molar-refractivity contribution in [2.75, 3.05) is 13.2 Å². The summed E-state index contributed by atoms with van der Waals surface area (Å²) in [6.07, 6.45) is 1.02. The molecule has 0 spiro atoms. The number of hydrogen-bond acceptors (Lipinski definition) is 2. The molecule has 15 heavy (non-hydrogen) atoms. The third-order valence-electron chi connectivity index (χ3n) is 2.52. The van der Waals surface area contributed by atoms with E-state index in [1.165, 1.54) is 6.07 Å². The van der Waals surface area contributed by atoms with Crippen molar-refractivity contribution in [3.8, 4) is 0 Å². The van der Waals surface area contributed by atoms with Gasteiger partial charge in [-0.25, -0.2) is 4.39 Å². The molecule has 2 nitrogen and oxygen atoms in total. The molecule has 1 aromatic rings. The van der Waals surface area contributed by atoms with Gasteiger partial charge < -0.3 is 10.1 Å². The summed E-state index contributed by atoms with van der Waals surface area (Å²) >= 11 is 2.19. The molecule has 1 atom stereocenters. The van der Waals surface area contributed by atoms with Crippen LogP contribution >= 0.6 is 22.6 Å². The lowest BCUT2D eigenvalue weighted by atomic mass is 10.2. The molecule has 0 bridgehead atoms. The van der Waals surface area contributed by atoms with Crippen LogP contribution in [-0.4, -0.2) is 19.3 Å². The lowest BCUT2D eigenvalue weighted by molar-refractivity contribution is 0.189. The van der Waals surface area contributed by atoms with Gasteiger partial charge in [0.15, 0.2) is 0 Å². The maximum absolute atomic E-state index is 13.4. The van der Waals surface area contributed by atoms with E-state index in [-0.39, 0.29) is 5.82 Å². The molecule has 1 N–H and O–H groups in total. The van der Waals surface area contributed by atoms with Gasteiger partial charge in [0.05, 0.1) is 6.61 Å². The van der Waals surface area contributed by atoms with E-state index in [4.69, 9.17) is 4.74 Å². The van der Waals surface area contributed by atoms with Crippen molar-refractivity contribution in [3.05, 3.63) is 33.1 Å². The fourth-order valence-electron chi connectivity index (χ4n) is 1.63. The molecule has 1 heterocycles. The molecule has 1 aliphatic rings. The van der Waals surface area contributed by atoms with E-state index in [1.54, 1.807) is 6.07 Å². The number of rotatable bonds is 3. The molecule has 0 aromatic heterocycles. The van der Waals surface area contributed by atoms with Gasteiger partial charge >= 0.3 is 0 Å². The summed E-state index contributed by atoms with van der Waals surface area (Å²) in [7, 11) is 0. The average Bonchev–Trinajstić information content (AvgIpc) is 2.72. The van der Waals surface area contributed by atoms with E-state index in [0.29, 0.717) is 12.6 Å². The molecule has 0 amide bonds.